The summed E-state index contributed by atoms with van der Waals surface area (Å²) in [5.41, 5.74) is 0.684. The van der Waals surface area contributed by atoms with Gasteiger partial charge in [0.25, 0.3) is 0 Å². The molecule has 2 amide bonds. The Morgan fingerprint density at radius 2 is 2.32 bits per heavy atom. The van der Waals surface area contributed by atoms with Crippen LogP contribution in [0.4, 0.5) is 10.5 Å². The fourth-order valence-corrected chi connectivity index (χ4v) is 2.54. The second kappa shape index (κ2) is 6.06. The van der Waals surface area contributed by atoms with Crippen LogP contribution in [-0.2, 0) is 7.05 Å². The molecule has 6 nitrogen and oxygen atoms in total. The van der Waals surface area contributed by atoms with Gasteiger partial charge in [0.05, 0.1) is 18.0 Å². The molecule has 1 saturated carbocycles. The number of urea groups is 1. The topological polar surface area (TPSA) is 70.4 Å². The number of nitrogens with one attached hydrogen (secondary N) is 1. The van der Waals surface area contributed by atoms with Crippen molar-refractivity contribution in [2.75, 3.05) is 18.9 Å². The van der Waals surface area contributed by atoms with Crippen LogP contribution in [0, 0.1) is 5.92 Å². The summed E-state index contributed by atoms with van der Waals surface area (Å²) >= 11 is 0. The highest BCUT2D eigenvalue weighted by molar-refractivity contribution is 5.88. The van der Waals surface area contributed by atoms with Crippen molar-refractivity contribution < 1.29 is 9.90 Å². The lowest BCUT2D eigenvalue weighted by Crippen LogP contribution is -2.39. The first-order chi connectivity index (χ1) is 9.06. The van der Waals surface area contributed by atoms with Gasteiger partial charge in [-0.2, -0.15) is 5.10 Å². The van der Waals surface area contributed by atoms with Crippen molar-refractivity contribution in [2.45, 2.75) is 31.8 Å². The van der Waals surface area contributed by atoms with E-state index in [0.29, 0.717) is 12.2 Å². The zero-order chi connectivity index (χ0) is 13.8. The van der Waals surface area contributed by atoms with Gasteiger partial charge in [0, 0.05) is 32.8 Å². The van der Waals surface area contributed by atoms with Gasteiger partial charge >= 0.3 is 6.03 Å². The molecule has 1 aromatic rings. The Morgan fingerprint density at radius 3 is 2.95 bits per heavy atom. The number of aryl methyl sites for hydroxylation is 1. The minimum absolute atomic E-state index is 0.161. The fourth-order valence-electron chi connectivity index (χ4n) is 2.54. The number of aliphatic hydroxyl groups excluding tert-OH is 1. The van der Waals surface area contributed by atoms with Gasteiger partial charge in [0.2, 0.25) is 0 Å². The zero-order valence-corrected chi connectivity index (χ0v) is 11.5. The molecule has 0 bridgehead atoms. The molecular formula is C13H22N4O2. The molecule has 1 aliphatic carbocycles. The second-order valence-corrected chi connectivity index (χ2v) is 5.33. The van der Waals surface area contributed by atoms with E-state index in [4.69, 9.17) is 0 Å². The van der Waals surface area contributed by atoms with Crippen LogP contribution in [-0.4, -0.2) is 45.5 Å². The molecule has 2 atom stereocenters. The SMILES string of the molecule is CN(CC1CCCCC1O)C(=O)Nc1cnn(C)c1. The maximum atomic E-state index is 12.0. The van der Waals surface area contributed by atoms with Crippen molar-refractivity contribution in [3.63, 3.8) is 0 Å². The van der Waals surface area contributed by atoms with Gasteiger partial charge < -0.3 is 15.3 Å². The molecule has 6 heteroatoms. The van der Waals surface area contributed by atoms with Crippen LogP contribution in [0.1, 0.15) is 25.7 Å². The number of aromatic nitrogens is 2. The first-order valence-corrected chi connectivity index (χ1v) is 6.75. The standard InChI is InChI=1S/C13H22N4O2/c1-16(8-10-5-3-4-6-12(10)18)13(19)15-11-7-14-17(2)9-11/h7,9-10,12,18H,3-6,8H2,1-2H3,(H,15,19). The molecule has 0 radical (unpaired) electrons. The largest absolute Gasteiger partial charge is 0.393 e. The lowest BCUT2D eigenvalue weighted by Gasteiger charge is -2.31. The molecule has 1 heterocycles. The van der Waals surface area contributed by atoms with Crippen molar-refractivity contribution in [2.24, 2.45) is 13.0 Å². The summed E-state index contributed by atoms with van der Waals surface area (Å²) in [5, 5.41) is 16.7. The Morgan fingerprint density at radius 1 is 1.58 bits per heavy atom. The molecule has 2 N–H and O–H groups in total. The quantitative estimate of drug-likeness (QED) is 0.869. The van der Waals surface area contributed by atoms with Crippen LogP contribution in [0.5, 0.6) is 0 Å². The summed E-state index contributed by atoms with van der Waals surface area (Å²) in [4.78, 5) is 13.6. The number of carbonyl (C=O) groups excluding carboxylic acids is 1. The zero-order valence-electron chi connectivity index (χ0n) is 11.5. The molecule has 0 spiro atoms. The molecule has 2 unspecified atom stereocenters. The van der Waals surface area contributed by atoms with Gasteiger partial charge in [0.15, 0.2) is 0 Å². The van der Waals surface area contributed by atoms with E-state index < -0.39 is 0 Å². The fraction of sp³-hybridized carbons (Fsp3) is 0.692. The number of anilines is 1. The second-order valence-electron chi connectivity index (χ2n) is 5.33. The van der Waals surface area contributed by atoms with E-state index in [1.54, 1.807) is 36.1 Å². The number of carbonyl (C=O) groups is 1. The van der Waals surface area contributed by atoms with E-state index in [2.05, 4.69) is 10.4 Å². The predicted octanol–water partition coefficient (Wildman–Crippen LogP) is 1.43. The van der Waals surface area contributed by atoms with Crippen molar-refractivity contribution in [1.82, 2.24) is 14.7 Å². The molecule has 1 fully saturated rings. The highest BCUT2D eigenvalue weighted by Gasteiger charge is 2.25. The van der Waals surface area contributed by atoms with E-state index in [1.165, 1.54) is 0 Å². The lowest BCUT2D eigenvalue weighted by atomic mass is 9.86. The molecule has 0 saturated heterocycles. The van der Waals surface area contributed by atoms with Crippen LogP contribution in [0.3, 0.4) is 0 Å². The Labute approximate surface area is 113 Å². The van der Waals surface area contributed by atoms with Crippen molar-refractivity contribution in [3.8, 4) is 0 Å². The third-order valence-corrected chi connectivity index (χ3v) is 3.68. The molecular weight excluding hydrogens is 244 g/mol. The van der Waals surface area contributed by atoms with Crippen molar-refractivity contribution in [3.05, 3.63) is 12.4 Å². The average molecular weight is 266 g/mol. The minimum atomic E-state index is -0.276. The molecule has 19 heavy (non-hydrogen) atoms. The smallest absolute Gasteiger partial charge is 0.321 e. The average Bonchev–Trinajstić information content (AvgIpc) is 2.77. The van der Waals surface area contributed by atoms with Gasteiger partial charge in [-0.15, -0.1) is 0 Å². The van der Waals surface area contributed by atoms with Crippen molar-refractivity contribution in [1.29, 1.82) is 0 Å². The molecule has 1 aromatic heterocycles. The van der Waals surface area contributed by atoms with E-state index in [0.717, 1.165) is 25.7 Å². The summed E-state index contributed by atoms with van der Waals surface area (Å²) in [6.45, 7) is 0.591. The minimum Gasteiger partial charge on any atom is -0.393 e. The first-order valence-electron chi connectivity index (χ1n) is 6.75. The monoisotopic (exact) mass is 266 g/mol. The normalized spacial score (nSPS) is 23.1. The van der Waals surface area contributed by atoms with Gasteiger partial charge in [0.1, 0.15) is 0 Å². The highest BCUT2D eigenvalue weighted by Crippen LogP contribution is 2.25. The van der Waals surface area contributed by atoms with Crippen LogP contribution in [0.15, 0.2) is 12.4 Å². The number of aliphatic hydroxyl groups is 1. The Kier molecular flexibility index (Phi) is 4.42. The number of rotatable bonds is 3. The van der Waals surface area contributed by atoms with Gasteiger partial charge in [-0.25, -0.2) is 4.79 Å². The van der Waals surface area contributed by atoms with Gasteiger partial charge in [-0.3, -0.25) is 4.68 Å². The maximum Gasteiger partial charge on any atom is 0.321 e. The summed E-state index contributed by atoms with van der Waals surface area (Å²) in [6.07, 6.45) is 7.15. The van der Waals surface area contributed by atoms with E-state index in [1.807, 2.05) is 0 Å². The Bertz CT molecular complexity index is 432. The van der Waals surface area contributed by atoms with Crippen LogP contribution in [0.2, 0.25) is 0 Å². The van der Waals surface area contributed by atoms with Gasteiger partial charge in [-0.1, -0.05) is 12.8 Å². The summed E-state index contributed by atoms with van der Waals surface area (Å²) in [5.74, 6) is 0.193. The van der Waals surface area contributed by atoms with Gasteiger partial charge in [-0.05, 0) is 12.8 Å². The lowest BCUT2D eigenvalue weighted by molar-refractivity contribution is 0.0575. The Balaban J connectivity index is 1.84. The van der Waals surface area contributed by atoms with Crippen LogP contribution < -0.4 is 5.32 Å². The molecule has 1 aliphatic rings. The highest BCUT2D eigenvalue weighted by atomic mass is 16.3. The summed E-state index contributed by atoms with van der Waals surface area (Å²) in [7, 11) is 3.56. The molecule has 106 valence electrons. The predicted molar refractivity (Wildman–Crippen MR) is 72.8 cm³/mol. The third-order valence-electron chi connectivity index (χ3n) is 3.68. The summed E-state index contributed by atoms with van der Waals surface area (Å²) < 4.78 is 1.64. The molecule has 2 rings (SSSR count). The number of nitrogens with zero attached hydrogens (tertiary/aromatic N) is 3. The molecule has 0 aliphatic heterocycles. The van der Waals surface area contributed by atoms with E-state index in [-0.39, 0.29) is 18.1 Å². The number of hydrogen-bond donors (Lipinski definition) is 2. The summed E-state index contributed by atoms with van der Waals surface area (Å²) in [6, 6.07) is -0.161. The van der Waals surface area contributed by atoms with E-state index >= 15 is 0 Å². The molecule has 0 aromatic carbocycles. The third kappa shape index (κ3) is 3.70. The first kappa shape index (κ1) is 13.9. The number of amides is 2. The van der Waals surface area contributed by atoms with Crippen LogP contribution >= 0.6 is 0 Å². The van der Waals surface area contributed by atoms with Crippen molar-refractivity contribution >= 4 is 11.7 Å². The maximum absolute atomic E-state index is 12.0. The number of hydrogen-bond acceptors (Lipinski definition) is 3. The van der Waals surface area contributed by atoms with E-state index in [9.17, 15) is 9.90 Å². The Hall–Kier alpha value is -1.56. The van der Waals surface area contributed by atoms with Crippen LogP contribution in [0.25, 0.3) is 0 Å².